The number of anilines is 2. The van der Waals surface area contributed by atoms with Crippen LogP contribution in [0.25, 0.3) is 11.3 Å². The first kappa shape index (κ1) is 15.8. The first-order chi connectivity index (χ1) is 10.4. The molecule has 22 heavy (non-hydrogen) atoms. The van der Waals surface area contributed by atoms with E-state index in [-0.39, 0.29) is 44.2 Å². The van der Waals surface area contributed by atoms with Crippen LogP contribution in [-0.2, 0) is 4.74 Å². The second kappa shape index (κ2) is 6.05. The molecule has 1 aromatic carbocycles. The lowest BCUT2D eigenvalue weighted by atomic mass is 10.0. The Morgan fingerprint density at radius 2 is 1.86 bits per heavy atom. The van der Waals surface area contributed by atoms with Crippen molar-refractivity contribution in [3.8, 4) is 17.3 Å². The Hall–Kier alpha value is -2.56. The average molecular weight is 338 g/mol. The first-order valence-corrected chi connectivity index (χ1v) is 6.55. The van der Waals surface area contributed by atoms with Gasteiger partial charge in [-0.3, -0.25) is 0 Å². The number of hydrogen-bond acceptors (Lipinski definition) is 7. The molecule has 9 heteroatoms. The Morgan fingerprint density at radius 3 is 2.36 bits per heavy atom. The van der Waals surface area contributed by atoms with Crippen molar-refractivity contribution < 1.29 is 9.53 Å². The number of benzene rings is 1. The molecule has 2 aromatic rings. The zero-order chi connectivity index (χ0) is 16.4. The molecule has 0 atom stereocenters. The van der Waals surface area contributed by atoms with Gasteiger partial charge in [0.1, 0.15) is 17.5 Å². The van der Waals surface area contributed by atoms with E-state index in [1.54, 1.807) is 0 Å². The highest BCUT2D eigenvalue weighted by Crippen LogP contribution is 2.37. The third kappa shape index (κ3) is 2.74. The van der Waals surface area contributed by atoms with Crippen LogP contribution in [0.5, 0.6) is 0 Å². The number of ether oxygens (including phenoxy) is 1. The van der Waals surface area contributed by atoms with E-state index in [9.17, 15) is 10.1 Å². The molecule has 4 N–H and O–H groups in total. The Morgan fingerprint density at radius 1 is 1.27 bits per heavy atom. The fourth-order valence-corrected chi connectivity index (χ4v) is 2.49. The van der Waals surface area contributed by atoms with Gasteiger partial charge in [-0.1, -0.05) is 23.2 Å². The lowest BCUT2D eigenvalue weighted by Gasteiger charge is -2.11. The number of carbonyl (C=O) groups excluding carboxylic acids is 1. The summed E-state index contributed by atoms with van der Waals surface area (Å²) in [7, 11) is 1.23. The number of rotatable bonds is 2. The van der Waals surface area contributed by atoms with Crippen LogP contribution < -0.4 is 11.5 Å². The van der Waals surface area contributed by atoms with Gasteiger partial charge in [-0.15, -0.1) is 0 Å². The van der Waals surface area contributed by atoms with Crippen molar-refractivity contribution in [2.24, 2.45) is 0 Å². The van der Waals surface area contributed by atoms with E-state index in [1.165, 1.54) is 19.2 Å². The van der Waals surface area contributed by atoms with E-state index in [2.05, 4.69) is 14.7 Å². The lowest BCUT2D eigenvalue weighted by molar-refractivity contribution is 0.0601. The summed E-state index contributed by atoms with van der Waals surface area (Å²) in [5.41, 5.74) is 11.7. The molecular formula is C13H9Cl2N5O2. The number of nitrogens with two attached hydrogens (primary N) is 2. The quantitative estimate of drug-likeness (QED) is 0.804. The third-order valence-corrected chi connectivity index (χ3v) is 3.36. The molecule has 0 spiro atoms. The second-order valence-corrected chi connectivity index (χ2v) is 4.92. The van der Waals surface area contributed by atoms with Crippen molar-refractivity contribution in [2.75, 3.05) is 18.6 Å². The summed E-state index contributed by atoms with van der Waals surface area (Å²) in [4.78, 5) is 19.2. The molecule has 0 fully saturated rings. The summed E-state index contributed by atoms with van der Waals surface area (Å²) < 4.78 is 4.60. The molecule has 0 aliphatic carbocycles. The average Bonchev–Trinajstić information content (AvgIpc) is 2.45. The summed E-state index contributed by atoms with van der Waals surface area (Å²) in [5.74, 6) is -0.817. The van der Waals surface area contributed by atoms with Gasteiger partial charge in [-0.05, 0) is 12.1 Å². The Kier molecular flexibility index (Phi) is 4.35. The second-order valence-electron chi connectivity index (χ2n) is 4.11. The number of methoxy groups -OCH3 is 1. The summed E-state index contributed by atoms with van der Waals surface area (Å²) in [6.07, 6.45) is 0. The molecule has 0 radical (unpaired) electrons. The fraction of sp³-hybridized carbons (Fsp3) is 0.0769. The summed E-state index contributed by atoms with van der Waals surface area (Å²) >= 11 is 12.3. The van der Waals surface area contributed by atoms with Crippen molar-refractivity contribution in [1.82, 2.24) is 9.97 Å². The minimum absolute atomic E-state index is 0.0104. The van der Waals surface area contributed by atoms with Gasteiger partial charge in [-0.2, -0.15) is 10.2 Å². The standard InChI is InChI=1S/C13H9Cl2N5O2/c1-22-12(21)5-2-7(14)9(8(15)3-5)10-6(4-16)11(17)20-13(18)19-10/h2-3H,1H3,(H4,17,18,19,20). The number of halogens is 2. The van der Waals surface area contributed by atoms with Gasteiger partial charge in [-0.25, -0.2) is 9.78 Å². The Labute approximate surface area is 135 Å². The number of nitriles is 1. The summed E-state index contributed by atoms with van der Waals surface area (Å²) in [6.45, 7) is 0. The van der Waals surface area contributed by atoms with E-state index < -0.39 is 5.97 Å². The number of aromatic nitrogens is 2. The van der Waals surface area contributed by atoms with Crippen LogP contribution in [0.1, 0.15) is 15.9 Å². The maximum Gasteiger partial charge on any atom is 0.337 e. The predicted molar refractivity (Wildman–Crippen MR) is 82.4 cm³/mol. The van der Waals surface area contributed by atoms with Crippen molar-refractivity contribution in [3.05, 3.63) is 33.3 Å². The number of nitrogens with zero attached hydrogens (tertiary/aromatic N) is 3. The van der Waals surface area contributed by atoms with Gasteiger partial charge < -0.3 is 16.2 Å². The van der Waals surface area contributed by atoms with E-state index in [4.69, 9.17) is 34.7 Å². The first-order valence-electron chi connectivity index (χ1n) is 5.79. The molecule has 0 bridgehead atoms. The predicted octanol–water partition coefficient (Wildman–Crippen LogP) is 2.27. The highest BCUT2D eigenvalue weighted by Gasteiger charge is 2.20. The van der Waals surface area contributed by atoms with Gasteiger partial charge in [0.25, 0.3) is 0 Å². The Bertz CT molecular complexity index is 794. The SMILES string of the molecule is COC(=O)c1cc(Cl)c(-c2nc(N)nc(N)c2C#N)c(Cl)c1. The smallest absolute Gasteiger partial charge is 0.337 e. The minimum Gasteiger partial charge on any atom is -0.465 e. The number of carbonyl (C=O) groups is 1. The molecule has 7 nitrogen and oxygen atoms in total. The zero-order valence-electron chi connectivity index (χ0n) is 11.2. The van der Waals surface area contributed by atoms with Gasteiger partial charge in [0, 0.05) is 5.56 Å². The fourth-order valence-electron chi connectivity index (χ4n) is 1.82. The van der Waals surface area contributed by atoms with E-state index in [0.717, 1.165) is 0 Å². The van der Waals surface area contributed by atoms with Crippen LogP contribution in [0, 0.1) is 11.3 Å². The van der Waals surface area contributed by atoms with Crippen LogP contribution in [0.2, 0.25) is 10.0 Å². The van der Waals surface area contributed by atoms with Crippen LogP contribution in [0.3, 0.4) is 0 Å². The van der Waals surface area contributed by atoms with Gasteiger partial charge in [0.15, 0.2) is 0 Å². The van der Waals surface area contributed by atoms with E-state index >= 15 is 0 Å². The topological polar surface area (TPSA) is 128 Å². The van der Waals surface area contributed by atoms with Gasteiger partial charge in [0.2, 0.25) is 5.95 Å². The highest BCUT2D eigenvalue weighted by atomic mass is 35.5. The molecule has 0 unspecified atom stereocenters. The lowest BCUT2D eigenvalue weighted by Crippen LogP contribution is -2.06. The number of nitrogen functional groups attached to an aromatic ring is 2. The molecule has 0 saturated heterocycles. The number of hydrogen-bond donors (Lipinski definition) is 2. The molecule has 0 amide bonds. The highest BCUT2D eigenvalue weighted by molar-refractivity contribution is 6.39. The molecule has 1 aromatic heterocycles. The number of esters is 1. The van der Waals surface area contributed by atoms with E-state index in [1.807, 2.05) is 6.07 Å². The monoisotopic (exact) mass is 337 g/mol. The maximum absolute atomic E-state index is 11.5. The summed E-state index contributed by atoms with van der Waals surface area (Å²) in [6, 6.07) is 4.58. The largest absolute Gasteiger partial charge is 0.465 e. The molecular weight excluding hydrogens is 329 g/mol. The summed E-state index contributed by atoms with van der Waals surface area (Å²) in [5, 5.41) is 9.40. The van der Waals surface area contributed by atoms with Crippen LogP contribution >= 0.6 is 23.2 Å². The van der Waals surface area contributed by atoms with Crippen molar-refractivity contribution in [1.29, 1.82) is 5.26 Å². The molecule has 1 heterocycles. The maximum atomic E-state index is 11.5. The Balaban J connectivity index is 2.75. The zero-order valence-corrected chi connectivity index (χ0v) is 12.7. The van der Waals surface area contributed by atoms with Crippen LogP contribution in [-0.4, -0.2) is 23.0 Å². The van der Waals surface area contributed by atoms with E-state index in [0.29, 0.717) is 0 Å². The van der Waals surface area contributed by atoms with Crippen LogP contribution in [0.15, 0.2) is 12.1 Å². The van der Waals surface area contributed by atoms with Crippen molar-refractivity contribution in [2.45, 2.75) is 0 Å². The minimum atomic E-state index is -0.599. The molecule has 2 rings (SSSR count). The third-order valence-electron chi connectivity index (χ3n) is 2.77. The van der Waals surface area contributed by atoms with Crippen molar-refractivity contribution >= 4 is 40.9 Å². The molecule has 0 aliphatic heterocycles. The molecule has 0 saturated carbocycles. The van der Waals surface area contributed by atoms with Crippen LogP contribution in [0.4, 0.5) is 11.8 Å². The van der Waals surface area contributed by atoms with Gasteiger partial charge >= 0.3 is 5.97 Å². The van der Waals surface area contributed by atoms with Gasteiger partial charge in [0.05, 0.1) is 28.4 Å². The molecule has 112 valence electrons. The molecule has 0 aliphatic rings. The normalized spacial score (nSPS) is 10.1. The van der Waals surface area contributed by atoms with Crippen molar-refractivity contribution in [3.63, 3.8) is 0 Å².